The first kappa shape index (κ1) is 15.4. The van der Waals surface area contributed by atoms with Crippen LogP contribution in [0.15, 0.2) is 28.3 Å². The summed E-state index contributed by atoms with van der Waals surface area (Å²) in [4.78, 5) is 35.9. The van der Waals surface area contributed by atoms with Crippen LogP contribution >= 0.6 is 15.9 Å². The summed E-state index contributed by atoms with van der Waals surface area (Å²) >= 11 is 3.12. The summed E-state index contributed by atoms with van der Waals surface area (Å²) in [6, 6.07) is 2.15. The smallest absolute Gasteiger partial charge is 0.331 e. The number of anilines is 1. The van der Waals surface area contributed by atoms with Crippen LogP contribution in [0, 0.1) is 5.82 Å². The molecule has 0 atom stereocenters. The first-order valence-electron chi connectivity index (χ1n) is 6.14. The van der Waals surface area contributed by atoms with E-state index in [9.17, 15) is 18.8 Å². The van der Waals surface area contributed by atoms with Gasteiger partial charge in [-0.25, -0.2) is 9.18 Å². The fraction of sp³-hybridized carbons (Fsp3) is 0.214. The van der Waals surface area contributed by atoms with Crippen molar-refractivity contribution in [2.45, 2.75) is 13.3 Å². The van der Waals surface area contributed by atoms with Gasteiger partial charge in [-0.3, -0.25) is 14.5 Å². The van der Waals surface area contributed by atoms with Crippen LogP contribution < -0.4 is 4.90 Å². The number of hydrogen-bond donors (Lipinski definition) is 1. The van der Waals surface area contributed by atoms with Gasteiger partial charge in [0.2, 0.25) is 0 Å². The first-order valence-corrected chi connectivity index (χ1v) is 6.93. The summed E-state index contributed by atoms with van der Waals surface area (Å²) < 4.78 is 13.6. The molecule has 0 radical (unpaired) electrons. The number of rotatable bonds is 4. The zero-order valence-electron chi connectivity index (χ0n) is 11.0. The summed E-state index contributed by atoms with van der Waals surface area (Å²) in [5, 5.41) is 8.95. The lowest BCUT2D eigenvalue weighted by Gasteiger charge is -2.16. The normalized spacial score (nSPS) is 14.6. The number of ketones is 1. The number of carboxylic acid groups (broad SMARTS) is 1. The SMILES string of the molecule is CCC(=CCN1C(=O)C(=O)c2cc(F)cc(Br)c21)C(=O)O. The van der Waals surface area contributed by atoms with Crippen LogP contribution in [0.1, 0.15) is 23.7 Å². The average Bonchev–Trinajstić information content (AvgIpc) is 2.64. The van der Waals surface area contributed by atoms with E-state index < -0.39 is 23.5 Å². The predicted octanol–water partition coefficient (Wildman–Crippen LogP) is 2.54. The van der Waals surface area contributed by atoms with E-state index in [1.54, 1.807) is 6.92 Å². The highest BCUT2D eigenvalue weighted by Gasteiger charge is 2.37. The molecule has 1 heterocycles. The van der Waals surface area contributed by atoms with Crippen molar-refractivity contribution in [3.05, 3.63) is 39.6 Å². The Morgan fingerprint density at radius 3 is 2.67 bits per heavy atom. The lowest BCUT2D eigenvalue weighted by atomic mass is 10.1. The van der Waals surface area contributed by atoms with Gasteiger partial charge in [0.15, 0.2) is 0 Å². The number of Topliss-reactive ketones (excluding diaryl/α,β-unsaturated/α-hetero) is 1. The van der Waals surface area contributed by atoms with Gasteiger partial charge < -0.3 is 5.11 Å². The van der Waals surface area contributed by atoms with E-state index in [1.165, 1.54) is 6.08 Å². The zero-order chi connectivity index (χ0) is 15.7. The highest BCUT2D eigenvalue weighted by molar-refractivity contribution is 9.10. The van der Waals surface area contributed by atoms with Crippen molar-refractivity contribution >= 4 is 39.3 Å². The Morgan fingerprint density at radius 2 is 2.10 bits per heavy atom. The Labute approximate surface area is 128 Å². The number of benzene rings is 1. The van der Waals surface area contributed by atoms with E-state index in [1.807, 2.05) is 0 Å². The highest BCUT2D eigenvalue weighted by Crippen LogP contribution is 2.36. The van der Waals surface area contributed by atoms with E-state index in [-0.39, 0.29) is 27.8 Å². The minimum atomic E-state index is -1.08. The quantitative estimate of drug-likeness (QED) is 0.665. The molecule has 0 aromatic heterocycles. The fourth-order valence-corrected chi connectivity index (χ4v) is 2.76. The maximum Gasteiger partial charge on any atom is 0.331 e. The summed E-state index contributed by atoms with van der Waals surface area (Å²) in [5.74, 6) is -3.30. The second-order valence-electron chi connectivity index (χ2n) is 4.42. The van der Waals surface area contributed by atoms with Gasteiger partial charge in [0.1, 0.15) is 5.82 Å². The van der Waals surface area contributed by atoms with Gasteiger partial charge in [0, 0.05) is 16.6 Å². The zero-order valence-corrected chi connectivity index (χ0v) is 12.6. The third-order valence-corrected chi connectivity index (χ3v) is 3.76. The van der Waals surface area contributed by atoms with E-state index in [0.717, 1.165) is 17.0 Å². The number of carbonyl (C=O) groups excluding carboxylic acids is 2. The number of halogens is 2. The van der Waals surface area contributed by atoms with E-state index in [2.05, 4.69) is 15.9 Å². The number of nitrogens with zero attached hydrogens (tertiary/aromatic N) is 1. The first-order chi connectivity index (χ1) is 9.86. The Hall–Kier alpha value is -2.02. The molecule has 1 aliphatic heterocycles. The molecule has 0 unspecified atom stereocenters. The van der Waals surface area contributed by atoms with E-state index in [4.69, 9.17) is 5.11 Å². The molecule has 1 N–H and O–H groups in total. The van der Waals surface area contributed by atoms with Crippen molar-refractivity contribution in [2.75, 3.05) is 11.4 Å². The molecule has 1 amide bonds. The van der Waals surface area contributed by atoms with Crippen LogP contribution in [-0.2, 0) is 9.59 Å². The standard InChI is InChI=1S/C14H11BrFNO4/c1-2-7(14(20)21)3-4-17-11-9(12(18)13(17)19)5-8(16)6-10(11)15/h3,5-6H,2,4H2,1H3,(H,20,21). The van der Waals surface area contributed by atoms with Crippen LogP contribution in [0.2, 0.25) is 0 Å². The number of fused-ring (bicyclic) bond motifs is 1. The molecule has 0 bridgehead atoms. The summed E-state index contributed by atoms with van der Waals surface area (Å²) in [5.41, 5.74) is 0.388. The minimum absolute atomic E-state index is 0.0198. The van der Waals surface area contributed by atoms with Gasteiger partial charge in [-0.15, -0.1) is 0 Å². The van der Waals surface area contributed by atoms with Crippen LogP contribution in [0.3, 0.4) is 0 Å². The molecule has 0 fully saturated rings. The summed E-state index contributed by atoms with van der Waals surface area (Å²) in [6.07, 6.45) is 1.67. The Bertz CT molecular complexity index is 684. The van der Waals surface area contributed by atoms with Crippen molar-refractivity contribution in [2.24, 2.45) is 0 Å². The van der Waals surface area contributed by atoms with Gasteiger partial charge in [-0.2, -0.15) is 0 Å². The Morgan fingerprint density at radius 1 is 1.43 bits per heavy atom. The largest absolute Gasteiger partial charge is 0.478 e. The highest BCUT2D eigenvalue weighted by atomic mass is 79.9. The third-order valence-electron chi connectivity index (χ3n) is 3.16. The van der Waals surface area contributed by atoms with Crippen molar-refractivity contribution in [1.82, 2.24) is 0 Å². The van der Waals surface area contributed by atoms with Gasteiger partial charge in [-0.1, -0.05) is 13.0 Å². The number of hydrogen-bond acceptors (Lipinski definition) is 3. The van der Waals surface area contributed by atoms with Crippen LogP contribution in [0.5, 0.6) is 0 Å². The monoisotopic (exact) mass is 355 g/mol. The predicted molar refractivity (Wildman–Crippen MR) is 76.8 cm³/mol. The maximum absolute atomic E-state index is 13.3. The van der Waals surface area contributed by atoms with Gasteiger partial charge in [0.05, 0.1) is 11.3 Å². The van der Waals surface area contributed by atoms with Crippen molar-refractivity contribution in [3.8, 4) is 0 Å². The molecule has 21 heavy (non-hydrogen) atoms. The third kappa shape index (κ3) is 2.73. The van der Waals surface area contributed by atoms with E-state index >= 15 is 0 Å². The molecule has 1 aromatic carbocycles. The second kappa shape index (κ2) is 5.77. The number of amides is 1. The molecule has 0 saturated heterocycles. The Kier molecular flexibility index (Phi) is 4.22. The van der Waals surface area contributed by atoms with Gasteiger partial charge in [0.25, 0.3) is 11.7 Å². The maximum atomic E-state index is 13.3. The summed E-state index contributed by atoms with van der Waals surface area (Å²) in [6.45, 7) is 1.62. The lowest BCUT2D eigenvalue weighted by molar-refractivity contribution is -0.132. The molecule has 1 aliphatic rings. The second-order valence-corrected chi connectivity index (χ2v) is 5.27. The molecular weight excluding hydrogens is 345 g/mol. The van der Waals surface area contributed by atoms with Crippen LogP contribution in [-0.4, -0.2) is 29.3 Å². The van der Waals surface area contributed by atoms with Gasteiger partial charge in [-0.05, 0) is 34.5 Å². The van der Waals surface area contributed by atoms with Crippen molar-refractivity contribution < 1.29 is 23.9 Å². The summed E-state index contributed by atoms with van der Waals surface area (Å²) in [7, 11) is 0. The number of carboxylic acids is 1. The molecular formula is C14H11BrFNO4. The van der Waals surface area contributed by atoms with Crippen LogP contribution in [0.25, 0.3) is 0 Å². The minimum Gasteiger partial charge on any atom is -0.478 e. The molecule has 7 heteroatoms. The Balaban J connectivity index is 2.42. The van der Waals surface area contributed by atoms with Gasteiger partial charge >= 0.3 is 5.97 Å². The number of carbonyl (C=O) groups is 3. The average molecular weight is 356 g/mol. The molecule has 5 nitrogen and oxygen atoms in total. The lowest BCUT2D eigenvalue weighted by Crippen LogP contribution is -2.30. The van der Waals surface area contributed by atoms with Crippen LogP contribution in [0.4, 0.5) is 10.1 Å². The fourth-order valence-electron chi connectivity index (χ4n) is 2.11. The molecule has 0 aliphatic carbocycles. The van der Waals surface area contributed by atoms with Crippen molar-refractivity contribution in [3.63, 3.8) is 0 Å². The van der Waals surface area contributed by atoms with E-state index in [0.29, 0.717) is 6.42 Å². The number of aliphatic carboxylic acids is 1. The molecule has 0 saturated carbocycles. The molecule has 0 spiro atoms. The topological polar surface area (TPSA) is 74.7 Å². The molecule has 2 rings (SSSR count). The molecule has 110 valence electrons. The van der Waals surface area contributed by atoms with Crippen molar-refractivity contribution in [1.29, 1.82) is 0 Å². The molecule has 1 aromatic rings.